The lowest BCUT2D eigenvalue weighted by atomic mass is 9.70. The Morgan fingerprint density at radius 3 is 2.33 bits per heavy atom. The smallest absolute Gasteiger partial charge is 0.412 e. The summed E-state index contributed by atoms with van der Waals surface area (Å²) in [6.07, 6.45) is -1.31. The highest BCUT2D eigenvalue weighted by Crippen LogP contribution is 2.55. The number of fused-ring (bicyclic) bond motifs is 1. The highest BCUT2D eigenvalue weighted by molar-refractivity contribution is 6.27. The monoisotopic (exact) mass is 403 g/mol. The van der Waals surface area contributed by atoms with E-state index in [1.54, 1.807) is 26.8 Å². The second-order valence-corrected chi connectivity index (χ2v) is 9.90. The van der Waals surface area contributed by atoms with Crippen LogP contribution in [0.2, 0.25) is 0 Å². The maximum atomic E-state index is 12.9. The van der Waals surface area contributed by atoms with E-state index in [-0.39, 0.29) is 13.0 Å². The van der Waals surface area contributed by atoms with Crippen LogP contribution in [0.1, 0.15) is 48.0 Å². The Kier molecular flexibility index (Phi) is 5.91. The molecule has 1 amide bonds. The number of alkyl halides is 1. The van der Waals surface area contributed by atoms with Crippen molar-refractivity contribution in [2.45, 2.75) is 82.9 Å². The molecule has 2 aliphatic rings. The van der Waals surface area contributed by atoms with Crippen molar-refractivity contribution in [2.24, 2.45) is 5.41 Å². The van der Waals surface area contributed by atoms with Crippen LogP contribution >= 0.6 is 11.6 Å². The van der Waals surface area contributed by atoms with Crippen molar-refractivity contribution in [2.75, 3.05) is 6.61 Å². The summed E-state index contributed by atoms with van der Waals surface area (Å²) in [5.74, 6) is -1.05. The van der Waals surface area contributed by atoms with Crippen LogP contribution in [0.15, 0.2) is 12.7 Å². The molecule has 0 spiro atoms. The lowest BCUT2D eigenvalue weighted by Gasteiger charge is -2.53. The molecule has 1 aliphatic carbocycles. The molecule has 154 valence electrons. The number of nitrogens with zero attached hydrogens (tertiary/aromatic N) is 1. The second kappa shape index (κ2) is 7.26. The van der Waals surface area contributed by atoms with E-state index < -0.39 is 52.4 Å². The summed E-state index contributed by atoms with van der Waals surface area (Å²) in [5, 5.41) is 9.31. The van der Waals surface area contributed by atoms with Crippen LogP contribution in [0.25, 0.3) is 0 Å². The third-order valence-corrected chi connectivity index (χ3v) is 5.14. The minimum Gasteiger partial charge on any atom is -0.481 e. The Morgan fingerprint density at radius 1 is 1.30 bits per heavy atom. The molecule has 0 unspecified atom stereocenters. The topological polar surface area (TPSA) is 85.3 Å². The molecule has 0 aromatic rings. The average molecular weight is 404 g/mol. The average Bonchev–Trinajstić information content (AvgIpc) is 2.83. The Labute approximate surface area is 165 Å². The van der Waals surface area contributed by atoms with Gasteiger partial charge in [-0.15, -0.1) is 18.2 Å². The van der Waals surface area contributed by atoms with Gasteiger partial charge < -0.3 is 19.3 Å². The minimum atomic E-state index is -1.26. The zero-order valence-electron chi connectivity index (χ0n) is 16.8. The van der Waals surface area contributed by atoms with Crippen LogP contribution in [0, 0.1) is 5.41 Å². The van der Waals surface area contributed by atoms with E-state index in [1.807, 2.05) is 20.8 Å². The first-order valence-corrected chi connectivity index (χ1v) is 9.40. The van der Waals surface area contributed by atoms with Gasteiger partial charge in [-0.3, -0.25) is 9.69 Å². The lowest BCUT2D eigenvalue weighted by molar-refractivity contribution is -0.154. The van der Waals surface area contributed by atoms with Gasteiger partial charge in [-0.2, -0.15) is 0 Å². The van der Waals surface area contributed by atoms with Crippen molar-refractivity contribution < 1.29 is 28.9 Å². The Morgan fingerprint density at radius 2 is 1.89 bits per heavy atom. The molecule has 5 atom stereocenters. The van der Waals surface area contributed by atoms with Crippen molar-refractivity contribution in [1.82, 2.24) is 4.90 Å². The van der Waals surface area contributed by atoms with Crippen LogP contribution in [0.5, 0.6) is 0 Å². The molecule has 7 nitrogen and oxygen atoms in total. The van der Waals surface area contributed by atoms with E-state index in [9.17, 15) is 14.7 Å². The van der Waals surface area contributed by atoms with Gasteiger partial charge in [-0.25, -0.2) is 4.79 Å². The van der Waals surface area contributed by atoms with Gasteiger partial charge >= 0.3 is 12.1 Å². The molecule has 0 bridgehead atoms. The summed E-state index contributed by atoms with van der Waals surface area (Å²) in [4.78, 5) is 24.6. The summed E-state index contributed by atoms with van der Waals surface area (Å²) in [7, 11) is 0. The van der Waals surface area contributed by atoms with Crippen LogP contribution in [0.4, 0.5) is 4.79 Å². The first kappa shape index (κ1) is 22.0. The normalized spacial score (nSPS) is 33.2. The third-order valence-electron chi connectivity index (χ3n) is 4.58. The fourth-order valence-electron chi connectivity index (χ4n) is 3.61. The summed E-state index contributed by atoms with van der Waals surface area (Å²) in [6.45, 7) is 15.0. The number of carbonyl (C=O) groups excluding carboxylic acids is 1. The van der Waals surface area contributed by atoms with E-state index in [4.69, 9.17) is 25.8 Å². The van der Waals surface area contributed by atoms with Gasteiger partial charge in [0.2, 0.25) is 0 Å². The molecule has 8 heteroatoms. The third kappa shape index (κ3) is 4.25. The molecular weight excluding hydrogens is 374 g/mol. The van der Waals surface area contributed by atoms with Gasteiger partial charge in [0.15, 0.2) is 0 Å². The number of carboxylic acids is 1. The van der Waals surface area contributed by atoms with E-state index in [0.717, 1.165) is 0 Å². The number of hydrogen-bond acceptors (Lipinski definition) is 5. The molecule has 1 aliphatic heterocycles. The lowest BCUT2D eigenvalue weighted by Crippen LogP contribution is -2.74. The Bertz CT molecular complexity index is 610. The number of amides is 1. The number of carbonyl (C=O) groups is 2. The quantitative estimate of drug-likeness (QED) is 0.559. The summed E-state index contributed by atoms with van der Waals surface area (Å²) < 4.78 is 17.5. The van der Waals surface area contributed by atoms with Gasteiger partial charge in [0.25, 0.3) is 0 Å². The number of halogens is 1. The van der Waals surface area contributed by atoms with Gasteiger partial charge in [0, 0.05) is 5.41 Å². The predicted octanol–water partition coefficient (Wildman–Crippen LogP) is 3.40. The van der Waals surface area contributed by atoms with Gasteiger partial charge in [0.1, 0.15) is 28.9 Å². The van der Waals surface area contributed by atoms with E-state index in [1.165, 1.54) is 4.90 Å². The highest BCUT2D eigenvalue weighted by atomic mass is 35.5. The number of ether oxygens (including phenoxy) is 3. The zero-order valence-corrected chi connectivity index (χ0v) is 17.6. The number of aliphatic carboxylic acids is 1. The Balaban J connectivity index is 2.40. The molecule has 1 saturated heterocycles. The molecule has 1 saturated carbocycles. The SMILES string of the molecule is C=CCO[C@H]1[C@H]2[C@H](O[C@H](C(C)(C)C)N2C(=O)OC(C)(C)C)[C@]1(Cl)CC(=O)O. The van der Waals surface area contributed by atoms with Crippen LogP contribution in [-0.4, -0.2) is 63.6 Å². The fourth-order valence-corrected chi connectivity index (χ4v) is 4.10. The molecule has 0 aromatic heterocycles. The van der Waals surface area contributed by atoms with Crippen molar-refractivity contribution in [3.8, 4) is 0 Å². The molecule has 1 N–H and O–H groups in total. The van der Waals surface area contributed by atoms with Crippen molar-refractivity contribution in [1.29, 1.82) is 0 Å². The minimum absolute atomic E-state index is 0.185. The number of carboxylic acid groups (broad SMARTS) is 1. The van der Waals surface area contributed by atoms with Gasteiger partial charge in [0.05, 0.1) is 19.1 Å². The maximum Gasteiger partial charge on any atom is 0.412 e. The van der Waals surface area contributed by atoms with Crippen molar-refractivity contribution in [3.63, 3.8) is 0 Å². The molecule has 2 fully saturated rings. The van der Waals surface area contributed by atoms with Gasteiger partial charge in [-0.05, 0) is 20.8 Å². The molecule has 1 heterocycles. The van der Waals surface area contributed by atoms with E-state index >= 15 is 0 Å². The second-order valence-electron chi connectivity index (χ2n) is 9.19. The van der Waals surface area contributed by atoms with Gasteiger partial charge in [-0.1, -0.05) is 26.8 Å². The molecular formula is C19H30ClNO6. The first-order valence-electron chi connectivity index (χ1n) is 9.02. The molecule has 27 heavy (non-hydrogen) atoms. The molecule has 0 radical (unpaired) electrons. The van der Waals surface area contributed by atoms with Crippen molar-refractivity contribution >= 4 is 23.7 Å². The number of hydrogen-bond donors (Lipinski definition) is 1. The zero-order chi connectivity index (χ0) is 20.8. The molecule has 0 aromatic carbocycles. The summed E-state index contributed by atoms with van der Waals surface area (Å²) >= 11 is 6.68. The number of rotatable bonds is 5. The fraction of sp³-hybridized carbons (Fsp3) is 0.789. The van der Waals surface area contributed by atoms with Crippen LogP contribution in [0.3, 0.4) is 0 Å². The highest BCUT2D eigenvalue weighted by Gasteiger charge is 2.72. The van der Waals surface area contributed by atoms with Crippen LogP contribution < -0.4 is 0 Å². The largest absolute Gasteiger partial charge is 0.481 e. The van der Waals surface area contributed by atoms with Crippen molar-refractivity contribution in [3.05, 3.63) is 12.7 Å². The maximum absolute atomic E-state index is 12.9. The first-order chi connectivity index (χ1) is 12.2. The molecule has 2 rings (SSSR count). The van der Waals surface area contributed by atoms with Crippen LogP contribution in [-0.2, 0) is 19.0 Å². The predicted molar refractivity (Wildman–Crippen MR) is 101 cm³/mol. The van der Waals surface area contributed by atoms with E-state index in [2.05, 4.69) is 6.58 Å². The Hall–Kier alpha value is -1.31. The standard InChI is InChI=1S/C19H30ClNO6/c1-8-9-25-13-12-14(19(13,20)10-11(22)23)26-15(17(2,3)4)21(12)16(24)27-18(5,6)7/h8,12-15H,1,9-10H2,2-7H3,(H,22,23)/t12-,13-,14-,15+,19-/m0/s1. The van der Waals surface area contributed by atoms with E-state index in [0.29, 0.717) is 0 Å². The summed E-state index contributed by atoms with van der Waals surface area (Å²) in [5.41, 5.74) is -1.11. The summed E-state index contributed by atoms with van der Waals surface area (Å²) in [6, 6.07) is -0.527.